The minimum Gasteiger partial charge on any atom is -0.340 e. The third-order valence-corrected chi connectivity index (χ3v) is 5.05. The highest BCUT2D eigenvalue weighted by Crippen LogP contribution is 2.29. The first kappa shape index (κ1) is 21.2. The van der Waals surface area contributed by atoms with E-state index >= 15 is 0 Å². The highest BCUT2D eigenvalue weighted by molar-refractivity contribution is 5.75. The van der Waals surface area contributed by atoms with Crippen LogP contribution >= 0.6 is 0 Å². The van der Waals surface area contributed by atoms with Crippen molar-refractivity contribution < 1.29 is 18.0 Å². The van der Waals surface area contributed by atoms with Crippen molar-refractivity contribution in [2.45, 2.75) is 51.5 Å². The molecule has 29 heavy (non-hydrogen) atoms. The van der Waals surface area contributed by atoms with Crippen molar-refractivity contribution >= 4 is 5.91 Å². The average molecular weight is 410 g/mol. The van der Waals surface area contributed by atoms with Gasteiger partial charge in [-0.2, -0.15) is 13.2 Å². The fraction of sp³-hybridized carbons (Fsp3) is 0.579. The van der Waals surface area contributed by atoms with E-state index in [4.69, 9.17) is 0 Å². The van der Waals surface area contributed by atoms with Gasteiger partial charge in [-0.1, -0.05) is 25.0 Å². The molecule has 0 bridgehead atoms. The summed E-state index contributed by atoms with van der Waals surface area (Å²) in [5, 5.41) is 11.6. The lowest BCUT2D eigenvalue weighted by molar-refractivity contribution is -0.137. The summed E-state index contributed by atoms with van der Waals surface area (Å²) in [6.45, 7) is 2.57. The Labute approximate surface area is 167 Å². The van der Waals surface area contributed by atoms with E-state index in [9.17, 15) is 18.0 Å². The Balaban J connectivity index is 1.60. The molecule has 7 nitrogen and oxygen atoms in total. The number of carbonyl (C=O) groups excluding carboxylic acids is 1. The minimum absolute atomic E-state index is 0.0500. The molecule has 10 heteroatoms. The number of nitrogens with zero attached hydrogens (tertiary/aromatic N) is 6. The summed E-state index contributed by atoms with van der Waals surface area (Å²) in [7, 11) is 1.56. The Morgan fingerprint density at radius 2 is 1.90 bits per heavy atom. The highest BCUT2D eigenvalue weighted by Gasteiger charge is 2.30. The van der Waals surface area contributed by atoms with Gasteiger partial charge >= 0.3 is 6.18 Å². The van der Waals surface area contributed by atoms with Gasteiger partial charge in [0.05, 0.1) is 12.1 Å². The lowest BCUT2D eigenvalue weighted by Crippen LogP contribution is -2.32. The van der Waals surface area contributed by atoms with Crippen LogP contribution in [0.25, 0.3) is 0 Å². The Morgan fingerprint density at radius 3 is 2.59 bits per heavy atom. The summed E-state index contributed by atoms with van der Waals surface area (Å²) < 4.78 is 40.1. The minimum atomic E-state index is -4.41. The lowest BCUT2D eigenvalue weighted by atomic mass is 10.1. The molecule has 3 rings (SSSR count). The number of likely N-dealkylation sites (N-methyl/N-ethyl adjacent to an activating group) is 1. The van der Waals surface area contributed by atoms with Gasteiger partial charge in [-0.3, -0.25) is 9.69 Å². The summed E-state index contributed by atoms with van der Waals surface area (Å²) in [6.07, 6.45) is 0.314. The van der Waals surface area contributed by atoms with E-state index in [1.807, 2.05) is 0 Å². The predicted molar refractivity (Wildman–Crippen MR) is 99.5 cm³/mol. The van der Waals surface area contributed by atoms with Gasteiger partial charge < -0.3 is 4.90 Å². The first-order chi connectivity index (χ1) is 13.8. The number of aromatic nitrogens is 4. The molecule has 0 unspecified atom stereocenters. The van der Waals surface area contributed by atoms with Crippen LogP contribution in [0.15, 0.2) is 24.3 Å². The normalized spacial score (nSPS) is 15.9. The topological polar surface area (TPSA) is 67.2 Å². The van der Waals surface area contributed by atoms with Gasteiger partial charge in [0.2, 0.25) is 5.91 Å². The molecule has 0 spiro atoms. The first-order valence-electron chi connectivity index (χ1n) is 9.70. The number of benzene rings is 1. The quantitative estimate of drug-likeness (QED) is 0.733. The van der Waals surface area contributed by atoms with Crippen molar-refractivity contribution in [3.63, 3.8) is 0 Å². The molecule has 1 aliphatic rings. The number of hydrogen-bond donors (Lipinski definition) is 0. The fourth-order valence-corrected chi connectivity index (χ4v) is 3.41. The summed E-state index contributed by atoms with van der Waals surface area (Å²) in [5.74, 6) is 0.347. The average Bonchev–Trinajstić information content (AvgIpc) is 2.93. The zero-order chi connectivity index (χ0) is 20.9. The summed E-state index contributed by atoms with van der Waals surface area (Å²) >= 11 is 0. The predicted octanol–water partition coefficient (Wildman–Crippen LogP) is 2.73. The maximum Gasteiger partial charge on any atom is 0.416 e. The van der Waals surface area contributed by atoms with Crippen molar-refractivity contribution in [2.24, 2.45) is 0 Å². The van der Waals surface area contributed by atoms with E-state index in [-0.39, 0.29) is 19.0 Å². The van der Waals surface area contributed by atoms with E-state index in [0.717, 1.165) is 38.1 Å². The molecule has 0 N–H and O–H groups in total. The largest absolute Gasteiger partial charge is 0.416 e. The number of carbonyl (C=O) groups is 1. The van der Waals surface area contributed by atoms with Crippen LogP contribution < -0.4 is 0 Å². The molecular weight excluding hydrogens is 385 g/mol. The monoisotopic (exact) mass is 410 g/mol. The molecule has 1 amide bonds. The van der Waals surface area contributed by atoms with Crippen molar-refractivity contribution in [3.05, 3.63) is 41.2 Å². The van der Waals surface area contributed by atoms with E-state index in [1.165, 1.54) is 28.5 Å². The van der Waals surface area contributed by atoms with Crippen molar-refractivity contribution in [1.82, 2.24) is 30.0 Å². The van der Waals surface area contributed by atoms with Gasteiger partial charge in [0, 0.05) is 13.6 Å². The summed E-state index contributed by atoms with van der Waals surface area (Å²) in [6, 6.07) is 4.99. The van der Waals surface area contributed by atoms with Gasteiger partial charge in [-0.15, -0.1) is 5.10 Å². The molecule has 1 aliphatic heterocycles. The second kappa shape index (κ2) is 9.34. The molecule has 1 aromatic carbocycles. The fourth-order valence-electron chi connectivity index (χ4n) is 3.41. The van der Waals surface area contributed by atoms with Crippen LogP contribution in [0.5, 0.6) is 0 Å². The third kappa shape index (κ3) is 5.99. The number of alkyl halides is 3. The zero-order valence-electron chi connectivity index (χ0n) is 16.4. The number of amides is 1. The van der Waals surface area contributed by atoms with Crippen LogP contribution in [0, 0.1) is 0 Å². The molecule has 2 aromatic rings. The van der Waals surface area contributed by atoms with Crippen LogP contribution in [0.4, 0.5) is 13.2 Å². The molecule has 1 fully saturated rings. The Morgan fingerprint density at radius 1 is 1.17 bits per heavy atom. The number of rotatable bonds is 6. The Hall–Kier alpha value is -2.49. The van der Waals surface area contributed by atoms with Gasteiger partial charge in [-0.05, 0) is 54.1 Å². The number of hydrogen-bond acceptors (Lipinski definition) is 5. The molecular formula is C19H25F3N6O. The van der Waals surface area contributed by atoms with Crippen molar-refractivity contribution in [2.75, 3.05) is 20.1 Å². The van der Waals surface area contributed by atoms with E-state index in [2.05, 4.69) is 20.4 Å². The maximum absolute atomic E-state index is 12.9. The van der Waals surface area contributed by atoms with E-state index < -0.39 is 11.7 Å². The Bertz CT molecular complexity index is 814. The van der Waals surface area contributed by atoms with Gasteiger partial charge in [0.15, 0.2) is 5.82 Å². The van der Waals surface area contributed by atoms with Crippen molar-refractivity contribution in [3.8, 4) is 0 Å². The SMILES string of the molecule is CN(Cc1cccc(C(F)(F)F)c1)C(=O)Cn1nnnc1CN1CCCCCC1. The smallest absolute Gasteiger partial charge is 0.340 e. The van der Waals surface area contributed by atoms with E-state index in [1.54, 1.807) is 13.1 Å². The molecule has 1 saturated heterocycles. The van der Waals surface area contributed by atoms with Crippen LogP contribution in [-0.4, -0.2) is 56.1 Å². The van der Waals surface area contributed by atoms with Gasteiger partial charge in [-0.25, -0.2) is 4.68 Å². The molecule has 2 heterocycles. The molecule has 158 valence electrons. The number of likely N-dealkylation sites (tertiary alicyclic amines) is 1. The molecule has 0 saturated carbocycles. The second-order valence-corrected chi connectivity index (χ2v) is 7.39. The zero-order valence-corrected chi connectivity index (χ0v) is 16.4. The van der Waals surface area contributed by atoms with Crippen LogP contribution in [0.3, 0.4) is 0 Å². The van der Waals surface area contributed by atoms with Crippen LogP contribution in [0.2, 0.25) is 0 Å². The highest BCUT2D eigenvalue weighted by atomic mass is 19.4. The molecule has 0 atom stereocenters. The van der Waals surface area contributed by atoms with Gasteiger partial charge in [0.25, 0.3) is 0 Å². The first-order valence-corrected chi connectivity index (χ1v) is 9.70. The Kier molecular flexibility index (Phi) is 6.83. The molecule has 1 aromatic heterocycles. The van der Waals surface area contributed by atoms with E-state index in [0.29, 0.717) is 17.9 Å². The number of halogens is 3. The van der Waals surface area contributed by atoms with Crippen LogP contribution in [0.1, 0.15) is 42.6 Å². The van der Waals surface area contributed by atoms with Crippen molar-refractivity contribution in [1.29, 1.82) is 0 Å². The molecule has 0 radical (unpaired) electrons. The standard InChI is InChI=1S/C19H25F3N6O/c1-26(12-15-7-6-8-16(11-15)19(20,21)22)18(29)14-28-17(23-24-25-28)13-27-9-4-2-3-5-10-27/h6-8,11H,2-5,9-10,12-14H2,1H3. The molecule has 0 aliphatic carbocycles. The lowest BCUT2D eigenvalue weighted by Gasteiger charge is -2.20. The third-order valence-electron chi connectivity index (χ3n) is 5.05. The summed E-state index contributed by atoms with van der Waals surface area (Å²) in [4.78, 5) is 16.2. The summed E-state index contributed by atoms with van der Waals surface area (Å²) in [5.41, 5.74) is -0.312. The van der Waals surface area contributed by atoms with Gasteiger partial charge in [0.1, 0.15) is 6.54 Å². The second-order valence-electron chi connectivity index (χ2n) is 7.39. The number of tetrazole rings is 1. The maximum atomic E-state index is 12.9. The van der Waals surface area contributed by atoms with Crippen LogP contribution in [-0.2, 0) is 30.6 Å².